The van der Waals surface area contributed by atoms with Crippen molar-refractivity contribution >= 4 is 28.3 Å². The first-order chi connectivity index (χ1) is 16.7. The van der Waals surface area contributed by atoms with Crippen LogP contribution < -0.4 is 9.80 Å². The van der Waals surface area contributed by atoms with Crippen molar-refractivity contribution in [3.8, 4) is 11.1 Å². The Kier molecular flexibility index (Phi) is 6.44. The molecule has 0 saturated carbocycles. The van der Waals surface area contributed by atoms with E-state index in [2.05, 4.69) is 44.0 Å². The summed E-state index contributed by atoms with van der Waals surface area (Å²) in [6.45, 7) is 3.80. The number of carbonyl (C=O) groups excluding carboxylic acids is 1. The molecule has 0 N–H and O–H groups in total. The molecule has 1 aliphatic heterocycles. The maximum absolute atomic E-state index is 11.8. The summed E-state index contributed by atoms with van der Waals surface area (Å²) in [6, 6.07) is 18.4. The van der Waals surface area contributed by atoms with Gasteiger partial charge in [-0.05, 0) is 41.0 Å². The summed E-state index contributed by atoms with van der Waals surface area (Å²) in [5.74, 6) is 0.983. The van der Waals surface area contributed by atoms with E-state index < -0.39 is 0 Å². The van der Waals surface area contributed by atoms with Gasteiger partial charge in [0, 0.05) is 57.8 Å². The first kappa shape index (κ1) is 22.0. The Hall–Kier alpha value is -3.84. The minimum Gasteiger partial charge on any atom is -0.377 e. The molecule has 0 unspecified atom stereocenters. The van der Waals surface area contributed by atoms with Gasteiger partial charge in [-0.2, -0.15) is 0 Å². The van der Waals surface area contributed by atoms with Crippen LogP contribution in [0.3, 0.4) is 0 Å². The number of aromatic nitrogens is 3. The average molecular weight is 454 g/mol. The zero-order valence-corrected chi connectivity index (χ0v) is 19.2. The van der Waals surface area contributed by atoms with E-state index in [0.717, 1.165) is 59.7 Å². The maximum Gasteiger partial charge on any atom is 0.162 e. The van der Waals surface area contributed by atoms with Crippen LogP contribution in [0.25, 0.3) is 22.2 Å². The number of ether oxygens (including phenoxy) is 1. The normalized spacial score (nSPS) is 13.9. The molecule has 7 nitrogen and oxygen atoms in total. The maximum atomic E-state index is 11.8. The van der Waals surface area contributed by atoms with E-state index in [0.29, 0.717) is 6.42 Å². The van der Waals surface area contributed by atoms with Crippen LogP contribution in [-0.2, 0) is 16.0 Å². The first-order valence-corrected chi connectivity index (χ1v) is 11.5. The molecule has 2 aromatic carbocycles. The Morgan fingerprint density at radius 1 is 0.882 bits per heavy atom. The Balaban J connectivity index is 1.31. The fourth-order valence-corrected chi connectivity index (χ4v) is 4.34. The monoisotopic (exact) mass is 453 g/mol. The van der Waals surface area contributed by atoms with E-state index in [4.69, 9.17) is 9.72 Å². The predicted molar refractivity (Wildman–Crippen MR) is 134 cm³/mol. The van der Waals surface area contributed by atoms with Crippen molar-refractivity contribution in [3.05, 3.63) is 78.8 Å². The number of hydrogen-bond donors (Lipinski definition) is 0. The number of ketones is 1. The molecule has 1 aliphatic rings. The van der Waals surface area contributed by atoms with Crippen molar-refractivity contribution in [1.29, 1.82) is 0 Å². The lowest BCUT2D eigenvalue weighted by molar-refractivity contribution is -0.121. The molecule has 4 aromatic rings. The van der Waals surface area contributed by atoms with E-state index in [1.54, 1.807) is 0 Å². The molecular weight excluding hydrogens is 426 g/mol. The molecule has 7 heteroatoms. The van der Waals surface area contributed by atoms with Crippen LogP contribution in [0.4, 0.5) is 11.5 Å². The summed E-state index contributed by atoms with van der Waals surface area (Å²) in [5.41, 5.74) is 6.12. The Morgan fingerprint density at radius 2 is 1.59 bits per heavy atom. The van der Waals surface area contributed by atoms with Crippen molar-refractivity contribution < 1.29 is 9.53 Å². The lowest BCUT2D eigenvalue weighted by atomic mass is 10.0. The smallest absolute Gasteiger partial charge is 0.162 e. The number of carbonyl (C=O) groups is 1. The van der Waals surface area contributed by atoms with Gasteiger partial charge < -0.3 is 14.5 Å². The second kappa shape index (κ2) is 9.97. The summed E-state index contributed by atoms with van der Waals surface area (Å²) in [5, 5.41) is 0. The number of rotatable bonds is 7. The van der Waals surface area contributed by atoms with E-state index in [9.17, 15) is 4.79 Å². The summed E-state index contributed by atoms with van der Waals surface area (Å²) >= 11 is 0. The summed E-state index contributed by atoms with van der Waals surface area (Å²) in [7, 11) is 1.54. The molecule has 0 radical (unpaired) electrons. The minimum atomic E-state index is 0.0744. The van der Waals surface area contributed by atoms with Crippen LogP contribution in [-0.4, -0.2) is 60.6 Å². The van der Waals surface area contributed by atoms with Gasteiger partial charge in [0.25, 0.3) is 0 Å². The van der Waals surface area contributed by atoms with Gasteiger partial charge in [-0.3, -0.25) is 14.8 Å². The second-order valence-corrected chi connectivity index (χ2v) is 8.46. The number of Topliss-reactive ketones (excluding diaryl/α,β-unsaturated/α-hetero) is 1. The van der Waals surface area contributed by atoms with Crippen LogP contribution in [0.1, 0.15) is 5.56 Å². The van der Waals surface area contributed by atoms with Gasteiger partial charge in [-0.25, -0.2) is 4.98 Å². The van der Waals surface area contributed by atoms with Crippen LogP contribution >= 0.6 is 0 Å². The average Bonchev–Trinajstić information content (AvgIpc) is 2.89. The van der Waals surface area contributed by atoms with Crippen LogP contribution in [0, 0.1) is 0 Å². The van der Waals surface area contributed by atoms with Crippen LogP contribution in [0.15, 0.2) is 73.2 Å². The molecule has 5 rings (SSSR count). The number of pyridine rings is 1. The Labute approximate surface area is 199 Å². The Morgan fingerprint density at radius 3 is 2.32 bits per heavy atom. The van der Waals surface area contributed by atoms with E-state index >= 15 is 0 Å². The topological polar surface area (TPSA) is 71.5 Å². The number of fused-ring (bicyclic) bond motifs is 1. The van der Waals surface area contributed by atoms with Crippen LogP contribution in [0.2, 0.25) is 0 Å². The van der Waals surface area contributed by atoms with E-state index in [-0.39, 0.29) is 12.4 Å². The summed E-state index contributed by atoms with van der Waals surface area (Å²) in [6.07, 6.45) is 5.93. The van der Waals surface area contributed by atoms with E-state index in [1.165, 1.54) is 12.8 Å². The third-order valence-electron chi connectivity index (χ3n) is 6.15. The number of hydrogen-bond acceptors (Lipinski definition) is 7. The summed E-state index contributed by atoms with van der Waals surface area (Å²) < 4.78 is 4.92. The highest BCUT2D eigenvalue weighted by Crippen LogP contribution is 2.25. The molecule has 0 amide bonds. The fraction of sp³-hybridized carbons (Fsp3) is 0.259. The van der Waals surface area contributed by atoms with Gasteiger partial charge in [0.2, 0.25) is 0 Å². The van der Waals surface area contributed by atoms with Crippen LogP contribution in [0.5, 0.6) is 0 Å². The largest absolute Gasteiger partial charge is 0.377 e. The van der Waals surface area contributed by atoms with Gasteiger partial charge in [0.15, 0.2) is 5.78 Å². The van der Waals surface area contributed by atoms with Gasteiger partial charge in [-0.15, -0.1) is 0 Å². The molecule has 0 atom stereocenters. The molecule has 172 valence electrons. The van der Waals surface area contributed by atoms with Gasteiger partial charge >= 0.3 is 0 Å². The second-order valence-electron chi connectivity index (χ2n) is 8.46. The van der Waals surface area contributed by atoms with Crippen molar-refractivity contribution in [2.75, 3.05) is 49.7 Å². The molecule has 34 heavy (non-hydrogen) atoms. The SMILES string of the molecule is COCC(=O)Cc1ccc(-c2ccc3ncc(N4CCN(c5ccncc5)CC4)nc3c2)cc1. The molecule has 2 aromatic heterocycles. The van der Waals surface area contributed by atoms with Crippen molar-refractivity contribution in [2.45, 2.75) is 6.42 Å². The quantitative estimate of drug-likeness (QED) is 0.422. The Bertz CT molecular complexity index is 1270. The lowest BCUT2D eigenvalue weighted by Crippen LogP contribution is -2.46. The first-order valence-electron chi connectivity index (χ1n) is 11.5. The third-order valence-corrected chi connectivity index (χ3v) is 6.15. The number of anilines is 2. The zero-order valence-electron chi connectivity index (χ0n) is 19.2. The molecule has 3 heterocycles. The molecule has 0 spiro atoms. The number of piperazine rings is 1. The molecule has 1 saturated heterocycles. The predicted octanol–water partition coefficient (Wildman–Crippen LogP) is 3.78. The molecule has 0 bridgehead atoms. The van der Waals surface area contributed by atoms with Crippen molar-refractivity contribution in [2.24, 2.45) is 0 Å². The van der Waals surface area contributed by atoms with Gasteiger partial charge in [0.1, 0.15) is 12.4 Å². The van der Waals surface area contributed by atoms with Gasteiger partial charge in [-0.1, -0.05) is 30.3 Å². The highest BCUT2D eigenvalue weighted by molar-refractivity contribution is 5.83. The zero-order chi connectivity index (χ0) is 23.3. The number of benzene rings is 2. The summed E-state index contributed by atoms with van der Waals surface area (Å²) in [4.78, 5) is 30.2. The standard InChI is InChI=1S/C27H27N5O2/c1-34-19-24(33)16-20-2-4-21(5-3-20)22-6-7-25-26(17-22)30-27(18-29-25)32-14-12-31(13-15-32)23-8-10-28-11-9-23/h2-11,17-18H,12-16,19H2,1H3. The molecule has 1 fully saturated rings. The number of nitrogens with zero attached hydrogens (tertiary/aromatic N) is 5. The van der Waals surface area contributed by atoms with Gasteiger partial charge in [0.05, 0.1) is 17.2 Å². The fourth-order valence-electron chi connectivity index (χ4n) is 4.34. The number of methoxy groups -OCH3 is 1. The highest BCUT2D eigenvalue weighted by atomic mass is 16.5. The highest BCUT2D eigenvalue weighted by Gasteiger charge is 2.19. The van der Waals surface area contributed by atoms with E-state index in [1.807, 2.05) is 48.9 Å². The molecule has 0 aliphatic carbocycles. The third kappa shape index (κ3) is 4.89. The van der Waals surface area contributed by atoms with Crippen molar-refractivity contribution in [1.82, 2.24) is 15.0 Å². The van der Waals surface area contributed by atoms with Crippen molar-refractivity contribution in [3.63, 3.8) is 0 Å². The lowest BCUT2D eigenvalue weighted by Gasteiger charge is -2.36. The molecular formula is C27H27N5O2. The minimum absolute atomic E-state index is 0.0744.